The fourth-order valence-corrected chi connectivity index (χ4v) is 3.62. The van der Waals surface area contributed by atoms with Crippen LogP contribution < -0.4 is 10.1 Å². The zero-order valence-corrected chi connectivity index (χ0v) is 17.0. The molecule has 0 unspecified atom stereocenters. The number of aryl methyl sites for hydroxylation is 1. The number of nitrogens with one attached hydrogen (secondary N) is 1. The van der Waals surface area contributed by atoms with Gasteiger partial charge in [-0.05, 0) is 36.8 Å². The third-order valence-corrected chi connectivity index (χ3v) is 4.94. The van der Waals surface area contributed by atoms with Gasteiger partial charge in [-0.1, -0.05) is 6.07 Å². The van der Waals surface area contributed by atoms with E-state index >= 15 is 0 Å². The average Bonchev–Trinajstić information content (AvgIpc) is 2.94. The van der Waals surface area contributed by atoms with Crippen LogP contribution in [0.25, 0.3) is 16.6 Å². The highest BCUT2D eigenvalue weighted by Crippen LogP contribution is 2.36. The van der Waals surface area contributed by atoms with Crippen LogP contribution in [0.1, 0.15) is 17.7 Å². The first-order chi connectivity index (χ1) is 14.6. The SMILES string of the molecule is COc1ccc(CN2CCNC(=O)CC2)cc1-c1c(C)nn2ncccc12.O=CO. The van der Waals surface area contributed by atoms with E-state index in [9.17, 15) is 4.79 Å². The number of carbonyl (C=O) groups excluding carboxylic acids is 1. The maximum Gasteiger partial charge on any atom is 0.290 e. The molecule has 0 aliphatic carbocycles. The van der Waals surface area contributed by atoms with Gasteiger partial charge in [0.25, 0.3) is 6.47 Å². The highest BCUT2D eigenvalue weighted by molar-refractivity contribution is 5.85. The van der Waals surface area contributed by atoms with Gasteiger partial charge in [-0.15, -0.1) is 0 Å². The van der Waals surface area contributed by atoms with Crippen LogP contribution in [-0.2, 0) is 16.1 Å². The molecule has 2 N–H and O–H groups in total. The van der Waals surface area contributed by atoms with Crippen molar-refractivity contribution >= 4 is 17.9 Å². The second-order valence-corrected chi connectivity index (χ2v) is 6.87. The van der Waals surface area contributed by atoms with Crippen LogP contribution in [0, 0.1) is 6.92 Å². The third kappa shape index (κ3) is 4.74. The van der Waals surface area contributed by atoms with Crippen LogP contribution in [0.4, 0.5) is 0 Å². The second-order valence-electron chi connectivity index (χ2n) is 6.87. The molecule has 1 aliphatic heterocycles. The summed E-state index contributed by atoms with van der Waals surface area (Å²) in [6.07, 6.45) is 2.27. The van der Waals surface area contributed by atoms with Gasteiger partial charge < -0.3 is 15.2 Å². The van der Waals surface area contributed by atoms with Crippen molar-refractivity contribution in [3.05, 3.63) is 47.8 Å². The lowest BCUT2D eigenvalue weighted by Crippen LogP contribution is -2.28. The Morgan fingerprint density at radius 1 is 1.30 bits per heavy atom. The number of hydrogen-bond donors (Lipinski definition) is 2. The van der Waals surface area contributed by atoms with Crippen molar-refractivity contribution in [1.82, 2.24) is 25.0 Å². The molecule has 3 heterocycles. The van der Waals surface area contributed by atoms with Crippen molar-refractivity contribution in [2.24, 2.45) is 0 Å². The molecular formula is C21H25N5O4. The Morgan fingerprint density at radius 3 is 2.87 bits per heavy atom. The lowest BCUT2D eigenvalue weighted by atomic mass is 10.0. The van der Waals surface area contributed by atoms with Gasteiger partial charge in [0.05, 0.1) is 18.3 Å². The number of aromatic nitrogens is 3. The van der Waals surface area contributed by atoms with Gasteiger partial charge in [-0.2, -0.15) is 14.8 Å². The Hall–Kier alpha value is -3.46. The fourth-order valence-electron chi connectivity index (χ4n) is 3.62. The van der Waals surface area contributed by atoms with E-state index in [4.69, 9.17) is 14.6 Å². The van der Waals surface area contributed by atoms with Gasteiger partial charge >= 0.3 is 0 Å². The van der Waals surface area contributed by atoms with Crippen molar-refractivity contribution in [3.8, 4) is 16.9 Å². The monoisotopic (exact) mass is 411 g/mol. The van der Waals surface area contributed by atoms with Crippen molar-refractivity contribution in [1.29, 1.82) is 0 Å². The molecule has 1 aliphatic rings. The van der Waals surface area contributed by atoms with E-state index in [1.54, 1.807) is 17.9 Å². The van der Waals surface area contributed by atoms with Crippen molar-refractivity contribution in [3.63, 3.8) is 0 Å². The molecule has 9 nitrogen and oxygen atoms in total. The number of methoxy groups -OCH3 is 1. The number of nitrogens with zero attached hydrogens (tertiary/aromatic N) is 4. The lowest BCUT2D eigenvalue weighted by molar-refractivity contribution is -0.123. The first-order valence-corrected chi connectivity index (χ1v) is 9.62. The van der Waals surface area contributed by atoms with Gasteiger partial charge in [0.1, 0.15) is 5.75 Å². The summed E-state index contributed by atoms with van der Waals surface area (Å²) in [6, 6.07) is 10.2. The summed E-state index contributed by atoms with van der Waals surface area (Å²) < 4.78 is 7.28. The predicted octanol–water partition coefficient (Wildman–Crippen LogP) is 1.74. The van der Waals surface area contributed by atoms with Gasteiger partial charge in [-0.25, -0.2) is 0 Å². The zero-order chi connectivity index (χ0) is 21.5. The Kier molecular flexibility index (Phi) is 6.97. The van der Waals surface area contributed by atoms with E-state index in [1.165, 1.54) is 5.56 Å². The standard InChI is InChI=1S/C20H23N5O2.CH2O2/c1-14-20(17-4-3-8-22-25(17)23-14)16-12-15(5-6-18(16)27-2)13-24-10-7-19(26)21-9-11-24;2-1-3/h3-6,8,12H,7,9-11,13H2,1-2H3,(H,21,26);1H,(H,2,3). The molecule has 3 aromatic rings. The van der Waals surface area contributed by atoms with E-state index in [-0.39, 0.29) is 12.4 Å². The first-order valence-electron chi connectivity index (χ1n) is 9.62. The van der Waals surface area contributed by atoms with Gasteiger partial charge in [0.2, 0.25) is 5.91 Å². The zero-order valence-electron chi connectivity index (χ0n) is 17.0. The smallest absolute Gasteiger partial charge is 0.290 e. The molecule has 4 rings (SSSR count). The summed E-state index contributed by atoms with van der Waals surface area (Å²) in [5.41, 5.74) is 5.10. The van der Waals surface area contributed by atoms with E-state index in [2.05, 4.69) is 32.5 Å². The summed E-state index contributed by atoms with van der Waals surface area (Å²) in [5, 5.41) is 18.6. The first kappa shape index (κ1) is 21.3. The summed E-state index contributed by atoms with van der Waals surface area (Å²) in [7, 11) is 1.68. The highest BCUT2D eigenvalue weighted by Gasteiger charge is 2.18. The van der Waals surface area contributed by atoms with Crippen molar-refractivity contribution in [2.45, 2.75) is 19.9 Å². The van der Waals surface area contributed by atoms with E-state index in [0.29, 0.717) is 13.0 Å². The molecule has 0 saturated carbocycles. The topological polar surface area (TPSA) is 109 Å². The molecule has 30 heavy (non-hydrogen) atoms. The van der Waals surface area contributed by atoms with Gasteiger partial charge in [-0.3, -0.25) is 14.5 Å². The number of hydrogen-bond acceptors (Lipinski definition) is 6. The minimum Gasteiger partial charge on any atom is -0.496 e. The van der Waals surface area contributed by atoms with Crippen LogP contribution >= 0.6 is 0 Å². The number of amides is 1. The minimum absolute atomic E-state index is 0.127. The van der Waals surface area contributed by atoms with E-state index in [1.807, 2.05) is 25.1 Å². The van der Waals surface area contributed by atoms with Crippen LogP contribution in [0.2, 0.25) is 0 Å². The lowest BCUT2D eigenvalue weighted by Gasteiger charge is -2.20. The average molecular weight is 411 g/mol. The number of carbonyl (C=O) groups is 2. The summed E-state index contributed by atoms with van der Waals surface area (Å²) in [5.74, 6) is 0.940. The van der Waals surface area contributed by atoms with Crippen LogP contribution in [0.5, 0.6) is 5.75 Å². The van der Waals surface area contributed by atoms with Crippen LogP contribution in [0.15, 0.2) is 36.5 Å². The van der Waals surface area contributed by atoms with E-state index in [0.717, 1.165) is 47.7 Å². The Balaban J connectivity index is 0.000000806. The second kappa shape index (κ2) is 9.84. The number of benzene rings is 1. The van der Waals surface area contributed by atoms with Crippen LogP contribution in [0.3, 0.4) is 0 Å². The fraction of sp³-hybridized carbons (Fsp3) is 0.333. The van der Waals surface area contributed by atoms with Gasteiger partial charge in [0, 0.05) is 49.9 Å². The molecule has 2 aromatic heterocycles. The molecule has 1 saturated heterocycles. The predicted molar refractivity (Wildman–Crippen MR) is 111 cm³/mol. The Labute approximate surface area is 174 Å². The van der Waals surface area contributed by atoms with E-state index < -0.39 is 0 Å². The quantitative estimate of drug-likeness (QED) is 0.630. The summed E-state index contributed by atoms with van der Waals surface area (Å²) in [6.45, 7) is 4.85. The molecule has 0 spiro atoms. The normalized spacial score (nSPS) is 14.4. The summed E-state index contributed by atoms with van der Waals surface area (Å²) >= 11 is 0. The molecule has 0 atom stereocenters. The van der Waals surface area contributed by atoms with Crippen LogP contribution in [-0.4, -0.2) is 64.0 Å². The number of rotatable bonds is 4. The molecule has 158 valence electrons. The molecular weight excluding hydrogens is 386 g/mol. The molecule has 9 heteroatoms. The highest BCUT2D eigenvalue weighted by atomic mass is 16.5. The summed E-state index contributed by atoms with van der Waals surface area (Å²) in [4.78, 5) is 22.2. The maximum atomic E-state index is 11.6. The third-order valence-electron chi connectivity index (χ3n) is 4.94. The Bertz CT molecular complexity index is 1030. The molecule has 1 amide bonds. The Morgan fingerprint density at radius 2 is 2.10 bits per heavy atom. The largest absolute Gasteiger partial charge is 0.496 e. The van der Waals surface area contributed by atoms with Gasteiger partial charge in [0.15, 0.2) is 0 Å². The van der Waals surface area contributed by atoms with Crippen molar-refractivity contribution < 1.29 is 19.4 Å². The molecule has 0 bridgehead atoms. The molecule has 1 fully saturated rings. The minimum atomic E-state index is -0.250. The van der Waals surface area contributed by atoms with Crippen molar-refractivity contribution in [2.75, 3.05) is 26.7 Å². The number of carboxylic acid groups (broad SMARTS) is 1. The molecule has 1 aromatic carbocycles. The molecule has 0 radical (unpaired) electrons. The number of ether oxygens (including phenoxy) is 1. The maximum absolute atomic E-state index is 11.6. The number of fused-ring (bicyclic) bond motifs is 1.